The van der Waals surface area contributed by atoms with Gasteiger partial charge in [0.1, 0.15) is 5.58 Å². The number of carbonyl (C=O) groups is 1. The Bertz CT molecular complexity index is 1270. The average molecular weight is 452 g/mol. The van der Waals surface area contributed by atoms with E-state index in [1.807, 2.05) is 54.0 Å². The van der Waals surface area contributed by atoms with Gasteiger partial charge in [0, 0.05) is 17.1 Å². The molecule has 0 atom stereocenters. The molecular weight excluding hydrogens is 434 g/mol. The SMILES string of the molecule is CCOC(=O)c1cc(-c2ccccc2)n(-c2ccc3oc(=O)ccc3c2Br)c1C. The van der Waals surface area contributed by atoms with Crippen molar-refractivity contribution in [3.63, 3.8) is 0 Å². The minimum Gasteiger partial charge on any atom is -0.462 e. The van der Waals surface area contributed by atoms with Gasteiger partial charge in [-0.3, -0.25) is 0 Å². The highest BCUT2D eigenvalue weighted by Crippen LogP contribution is 2.36. The molecule has 4 rings (SSSR count). The largest absolute Gasteiger partial charge is 0.462 e. The molecule has 0 aliphatic rings. The fourth-order valence-electron chi connectivity index (χ4n) is 3.43. The maximum atomic E-state index is 12.5. The van der Waals surface area contributed by atoms with E-state index in [-0.39, 0.29) is 5.97 Å². The summed E-state index contributed by atoms with van der Waals surface area (Å²) in [5.74, 6) is -0.358. The summed E-state index contributed by atoms with van der Waals surface area (Å²) >= 11 is 3.66. The van der Waals surface area contributed by atoms with Gasteiger partial charge in [0.05, 0.1) is 28.0 Å². The molecule has 0 spiro atoms. The topological polar surface area (TPSA) is 61.4 Å². The van der Waals surface area contributed by atoms with Crippen LogP contribution >= 0.6 is 15.9 Å². The number of carbonyl (C=O) groups excluding carboxylic acids is 1. The maximum absolute atomic E-state index is 12.5. The third-order valence-corrected chi connectivity index (χ3v) is 5.60. The van der Waals surface area contributed by atoms with Gasteiger partial charge in [-0.15, -0.1) is 0 Å². The molecule has 0 amide bonds. The van der Waals surface area contributed by atoms with Crippen LogP contribution in [0, 0.1) is 6.92 Å². The summed E-state index contributed by atoms with van der Waals surface area (Å²) in [4.78, 5) is 24.1. The summed E-state index contributed by atoms with van der Waals surface area (Å²) in [5.41, 5.74) is 4.03. The molecular formula is C23H18BrNO4. The zero-order valence-electron chi connectivity index (χ0n) is 15.9. The van der Waals surface area contributed by atoms with Crippen LogP contribution in [0.4, 0.5) is 0 Å². The maximum Gasteiger partial charge on any atom is 0.339 e. The Labute approximate surface area is 175 Å². The smallest absolute Gasteiger partial charge is 0.339 e. The highest BCUT2D eigenvalue weighted by molar-refractivity contribution is 9.10. The molecule has 5 nitrogen and oxygen atoms in total. The first-order valence-electron chi connectivity index (χ1n) is 9.19. The van der Waals surface area contributed by atoms with Crippen molar-refractivity contribution >= 4 is 32.9 Å². The number of esters is 1. The van der Waals surface area contributed by atoms with Crippen LogP contribution in [0.25, 0.3) is 27.9 Å². The molecule has 0 aliphatic heterocycles. The van der Waals surface area contributed by atoms with Crippen molar-refractivity contribution in [2.45, 2.75) is 13.8 Å². The van der Waals surface area contributed by atoms with Crippen molar-refractivity contribution in [2.75, 3.05) is 6.61 Å². The van der Waals surface area contributed by atoms with E-state index >= 15 is 0 Å². The lowest BCUT2D eigenvalue weighted by molar-refractivity contribution is 0.0525. The number of fused-ring (bicyclic) bond motifs is 1. The lowest BCUT2D eigenvalue weighted by Gasteiger charge is -2.15. The van der Waals surface area contributed by atoms with Crippen LogP contribution in [0.5, 0.6) is 0 Å². The molecule has 29 heavy (non-hydrogen) atoms. The highest BCUT2D eigenvalue weighted by Gasteiger charge is 2.22. The molecule has 4 aromatic rings. The van der Waals surface area contributed by atoms with Crippen LogP contribution in [0.2, 0.25) is 0 Å². The molecule has 0 radical (unpaired) electrons. The fraction of sp³-hybridized carbons (Fsp3) is 0.130. The monoisotopic (exact) mass is 451 g/mol. The molecule has 0 saturated carbocycles. The van der Waals surface area contributed by atoms with E-state index in [1.54, 1.807) is 19.1 Å². The van der Waals surface area contributed by atoms with Gasteiger partial charge < -0.3 is 13.7 Å². The van der Waals surface area contributed by atoms with E-state index < -0.39 is 5.63 Å². The van der Waals surface area contributed by atoms with Gasteiger partial charge in [0.2, 0.25) is 0 Å². The number of benzene rings is 2. The van der Waals surface area contributed by atoms with Crippen LogP contribution in [-0.4, -0.2) is 17.1 Å². The van der Waals surface area contributed by atoms with Crippen LogP contribution in [0.15, 0.2) is 74.3 Å². The number of hydrogen-bond acceptors (Lipinski definition) is 4. The Balaban J connectivity index is 2.01. The number of aromatic nitrogens is 1. The Kier molecular flexibility index (Phi) is 5.11. The van der Waals surface area contributed by atoms with Gasteiger partial charge in [-0.05, 0) is 59.6 Å². The first kappa shape index (κ1) is 19.2. The molecule has 146 valence electrons. The molecule has 2 aromatic heterocycles. The van der Waals surface area contributed by atoms with Gasteiger partial charge >= 0.3 is 11.6 Å². The third kappa shape index (κ3) is 3.40. The van der Waals surface area contributed by atoms with Gasteiger partial charge in [-0.25, -0.2) is 9.59 Å². The molecule has 2 heterocycles. The Morgan fingerprint density at radius 3 is 2.59 bits per heavy atom. The van der Waals surface area contributed by atoms with E-state index in [1.165, 1.54) is 6.07 Å². The Hall–Kier alpha value is -3.12. The third-order valence-electron chi connectivity index (χ3n) is 4.77. The van der Waals surface area contributed by atoms with Crippen molar-refractivity contribution in [3.05, 3.63) is 86.8 Å². The molecule has 0 fully saturated rings. The zero-order chi connectivity index (χ0) is 20.5. The van der Waals surface area contributed by atoms with Gasteiger partial charge in [0.25, 0.3) is 0 Å². The van der Waals surface area contributed by atoms with E-state index in [0.717, 1.165) is 32.5 Å². The zero-order valence-corrected chi connectivity index (χ0v) is 17.5. The Morgan fingerprint density at radius 2 is 1.86 bits per heavy atom. The van der Waals surface area contributed by atoms with Gasteiger partial charge in [0.15, 0.2) is 0 Å². The standard InChI is InChI=1S/C23H18BrNO4/c1-3-28-23(27)17-13-19(15-7-5-4-6-8-15)25(14(17)2)18-10-11-20-16(22(18)24)9-12-21(26)29-20/h4-13H,3H2,1-2H3. The average Bonchev–Trinajstić information content (AvgIpc) is 3.06. The first-order chi connectivity index (χ1) is 14.0. The molecule has 0 saturated heterocycles. The number of rotatable bonds is 4. The van der Waals surface area contributed by atoms with E-state index in [4.69, 9.17) is 9.15 Å². The predicted octanol–water partition coefficient (Wildman–Crippen LogP) is 5.50. The minimum atomic E-state index is -0.399. The van der Waals surface area contributed by atoms with Crippen molar-refractivity contribution in [3.8, 4) is 16.9 Å². The number of nitrogens with zero attached hydrogens (tertiary/aromatic N) is 1. The summed E-state index contributed by atoms with van der Waals surface area (Å²) in [7, 11) is 0. The highest BCUT2D eigenvalue weighted by atomic mass is 79.9. The summed E-state index contributed by atoms with van der Waals surface area (Å²) in [6.07, 6.45) is 0. The Morgan fingerprint density at radius 1 is 1.10 bits per heavy atom. The summed E-state index contributed by atoms with van der Waals surface area (Å²) in [6.45, 7) is 3.99. The number of ether oxygens (including phenoxy) is 1. The number of halogens is 1. The van der Waals surface area contributed by atoms with Crippen LogP contribution in [0.1, 0.15) is 23.0 Å². The molecule has 0 unspecified atom stereocenters. The summed E-state index contributed by atoms with van der Waals surface area (Å²) in [6, 6.07) is 18.4. The van der Waals surface area contributed by atoms with E-state index in [2.05, 4.69) is 15.9 Å². The fourth-order valence-corrected chi connectivity index (χ4v) is 4.07. The molecule has 0 N–H and O–H groups in total. The summed E-state index contributed by atoms with van der Waals surface area (Å²) in [5, 5.41) is 0.770. The summed E-state index contributed by atoms with van der Waals surface area (Å²) < 4.78 is 13.3. The molecule has 0 aliphatic carbocycles. The van der Waals surface area contributed by atoms with Crippen LogP contribution in [0.3, 0.4) is 0 Å². The second-order valence-electron chi connectivity index (χ2n) is 6.52. The second kappa shape index (κ2) is 7.72. The van der Waals surface area contributed by atoms with Crippen molar-refractivity contribution in [1.82, 2.24) is 4.57 Å². The van der Waals surface area contributed by atoms with E-state index in [0.29, 0.717) is 17.8 Å². The quantitative estimate of drug-likeness (QED) is 0.303. The van der Waals surface area contributed by atoms with E-state index in [9.17, 15) is 9.59 Å². The normalized spacial score (nSPS) is 11.0. The molecule has 0 bridgehead atoms. The predicted molar refractivity (Wildman–Crippen MR) is 116 cm³/mol. The first-order valence-corrected chi connectivity index (χ1v) is 9.98. The lowest BCUT2D eigenvalue weighted by atomic mass is 10.1. The minimum absolute atomic E-state index is 0.308. The van der Waals surface area contributed by atoms with Crippen LogP contribution in [-0.2, 0) is 4.74 Å². The lowest BCUT2D eigenvalue weighted by Crippen LogP contribution is -2.07. The van der Waals surface area contributed by atoms with Crippen molar-refractivity contribution < 1.29 is 13.9 Å². The molecule has 2 aromatic carbocycles. The molecule has 6 heteroatoms. The van der Waals surface area contributed by atoms with Crippen molar-refractivity contribution in [2.24, 2.45) is 0 Å². The van der Waals surface area contributed by atoms with Gasteiger partial charge in [-0.2, -0.15) is 0 Å². The number of hydrogen-bond donors (Lipinski definition) is 0. The van der Waals surface area contributed by atoms with Crippen molar-refractivity contribution in [1.29, 1.82) is 0 Å². The second-order valence-corrected chi connectivity index (χ2v) is 7.31. The van der Waals surface area contributed by atoms with Crippen LogP contribution < -0.4 is 5.63 Å². The van der Waals surface area contributed by atoms with Gasteiger partial charge in [-0.1, -0.05) is 30.3 Å².